The van der Waals surface area contributed by atoms with Gasteiger partial charge in [-0.05, 0) is 34.1 Å². The number of nitrogens with zero attached hydrogens (tertiary/aromatic N) is 2. The summed E-state index contributed by atoms with van der Waals surface area (Å²) in [6.45, 7) is 2.71. The number of nitrogens with one attached hydrogen (secondary N) is 2. The molecule has 3 rings (SSSR count). The summed E-state index contributed by atoms with van der Waals surface area (Å²) in [6, 6.07) is 7.15. The normalized spacial score (nSPS) is 19.1. The highest BCUT2D eigenvalue weighted by molar-refractivity contribution is 9.10. The van der Waals surface area contributed by atoms with Gasteiger partial charge in [0.1, 0.15) is 4.47 Å². The lowest BCUT2D eigenvalue weighted by molar-refractivity contribution is -0.385. The van der Waals surface area contributed by atoms with Crippen LogP contribution in [0.1, 0.15) is 11.7 Å². The number of benzene rings is 1. The summed E-state index contributed by atoms with van der Waals surface area (Å²) >= 11 is 3.29. The second-order valence-corrected chi connectivity index (χ2v) is 5.46. The molecular formula is C13H13BrN4O2. The third-order valence-electron chi connectivity index (χ3n) is 3.40. The Balaban J connectivity index is 2.04. The molecule has 104 valence electrons. The molecule has 1 fully saturated rings. The van der Waals surface area contributed by atoms with Gasteiger partial charge in [0.2, 0.25) is 0 Å². The molecule has 2 heterocycles. The summed E-state index contributed by atoms with van der Waals surface area (Å²) in [4.78, 5) is 15.1. The number of nitro groups is 1. The van der Waals surface area contributed by atoms with Crippen LogP contribution in [-0.4, -0.2) is 29.5 Å². The van der Waals surface area contributed by atoms with Crippen LogP contribution in [0.3, 0.4) is 0 Å². The highest BCUT2D eigenvalue weighted by atomic mass is 79.9. The number of nitro benzene ring substituents is 1. The fourth-order valence-electron chi connectivity index (χ4n) is 2.37. The van der Waals surface area contributed by atoms with Gasteiger partial charge in [0.15, 0.2) is 0 Å². The molecule has 1 aromatic carbocycles. The molecule has 0 radical (unpaired) electrons. The van der Waals surface area contributed by atoms with Crippen molar-refractivity contribution in [1.82, 2.24) is 15.6 Å². The van der Waals surface area contributed by atoms with Crippen LogP contribution in [0.4, 0.5) is 5.69 Å². The zero-order valence-corrected chi connectivity index (χ0v) is 12.2. The van der Waals surface area contributed by atoms with Crippen LogP contribution in [0.25, 0.3) is 10.9 Å². The number of piperazine rings is 1. The van der Waals surface area contributed by atoms with Crippen molar-refractivity contribution in [2.45, 2.75) is 6.04 Å². The molecule has 1 unspecified atom stereocenters. The van der Waals surface area contributed by atoms with Crippen LogP contribution in [0.2, 0.25) is 0 Å². The van der Waals surface area contributed by atoms with Crippen molar-refractivity contribution in [2.75, 3.05) is 19.6 Å². The Hall–Kier alpha value is -1.57. The fraction of sp³-hybridized carbons (Fsp3) is 0.308. The Morgan fingerprint density at radius 2 is 2.15 bits per heavy atom. The molecule has 2 N–H and O–H groups in total. The Kier molecular flexibility index (Phi) is 3.64. The van der Waals surface area contributed by atoms with Gasteiger partial charge in [-0.15, -0.1) is 0 Å². The SMILES string of the molecule is O=[N+]([O-])c1ccc2nc(C3CNCCN3)ccc2c1Br. The Labute approximate surface area is 123 Å². The third-order valence-corrected chi connectivity index (χ3v) is 4.23. The standard InChI is InChI=1S/C13H13BrN4O2/c14-13-8-1-2-10(11-7-15-5-6-16-11)17-9(8)3-4-12(13)18(19)20/h1-4,11,15-16H,5-7H2. The smallest absolute Gasteiger partial charge is 0.284 e. The van der Waals surface area contributed by atoms with E-state index in [0.29, 0.717) is 4.47 Å². The van der Waals surface area contributed by atoms with Crippen LogP contribution in [0.5, 0.6) is 0 Å². The van der Waals surface area contributed by atoms with Gasteiger partial charge in [-0.3, -0.25) is 15.1 Å². The second kappa shape index (κ2) is 5.43. The zero-order chi connectivity index (χ0) is 14.1. The summed E-state index contributed by atoms with van der Waals surface area (Å²) in [7, 11) is 0. The van der Waals surface area contributed by atoms with Crippen molar-refractivity contribution in [3.63, 3.8) is 0 Å². The highest BCUT2D eigenvalue weighted by Crippen LogP contribution is 2.32. The molecule has 0 spiro atoms. The van der Waals surface area contributed by atoms with Gasteiger partial charge >= 0.3 is 0 Å². The summed E-state index contributed by atoms with van der Waals surface area (Å²) in [5.41, 5.74) is 1.77. The van der Waals surface area contributed by atoms with Crippen LogP contribution in [-0.2, 0) is 0 Å². The fourth-order valence-corrected chi connectivity index (χ4v) is 2.98. The van der Waals surface area contributed by atoms with E-state index < -0.39 is 4.92 Å². The Bertz CT molecular complexity index is 671. The minimum atomic E-state index is -0.399. The van der Waals surface area contributed by atoms with Gasteiger partial charge < -0.3 is 10.6 Å². The van der Waals surface area contributed by atoms with Gasteiger partial charge in [-0.25, -0.2) is 0 Å². The van der Waals surface area contributed by atoms with E-state index in [4.69, 9.17) is 0 Å². The minimum absolute atomic E-state index is 0.0597. The largest absolute Gasteiger partial charge is 0.314 e. The lowest BCUT2D eigenvalue weighted by Gasteiger charge is -2.24. The first-order valence-corrected chi connectivity index (χ1v) is 7.14. The first kappa shape index (κ1) is 13.4. The number of halogens is 1. The molecule has 0 saturated carbocycles. The second-order valence-electron chi connectivity index (χ2n) is 4.67. The van der Waals surface area contributed by atoms with Crippen LogP contribution < -0.4 is 10.6 Å². The average molecular weight is 337 g/mol. The van der Waals surface area contributed by atoms with E-state index in [1.54, 1.807) is 6.07 Å². The summed E-state index contributed by atoms with van der Waals surface area (Å²) in [5.74, 6) is 0. The maximum absolute atomic E-state index is 10.9. The molecule has 1 aliphatic heterocycles. The molecule has 0 amide bonds. The number of hydrogen-bond donors (Lipinski definition) is 2. The van der Waals surface area contributed by atoms with Crippen molar-refractivity contribution < 1.29 is 4.92 Å². The topological polar surface area (TPSA) is 80.1 Å². The first-order valence-electron chi connectivity index (χ1n) is 6.34. The zero-order valence-electron chi connectivity index (χ0n) is 10.6. The first-order chi connectivity index (χ1) is 9.66. The molecule has 20 heavy (non-hydrogen) atoms. The molecule has 7 heteroatoms. The van der Waals surface area contributed by atoms with E-state index in [0.717, 1.165) is 36.2 Å². The highest BCUT2D eigenvalue weighted by Gasteiger charge is 2.18. The maximum atomic E-state index is 10.9. The molecule has 1 saturated heterocycles. The predicted molar refractivity (Wildman–Crippen MR) is 79.7 cm³/mol. The maximum Gasteiger partial charge on any atom is 0.284 e. The van der Waals surface area contributed by atoms with E-state index in [9.17, 15) is 10.1 Å². The van der Waals surface area contributed by atoms with Crippen LogP contribution >= 0.6 is 15.9 Å². The quantitative estimate of drug-likeness (QED) is 0.648. The Morgan fingerprint density at radius 1 is 1.30 bits per heavy atom. The van der Waals surface area contributed by atoms with Gasteiger partial charge in [0.05, 0.1) is 22.2 Å². The van der Waals surface area contributed by atoms with Crippen molar-refractivity contribution in [2.24, 2.45) is 0 Å². The van der Waals surface area contributed by atoms with Crippen LogP contribution in [0.15, 0.2) is 28.7 Å². The summed E-state index contributed by atoms with van der Waals surface area (Å²) < 4.78 is 0.480. The number of fused-ring (bicyclic) bond motifs is 1. The molecular weight excluding hydrogens is 324 g/mol. The molecule has 0 aliphatic carbocycles. The molecule has 0 bridgehead atoms. The molecule has 2 aromatic rings. The van der Waals surface area contributed by atoms with Gasteiger partial charge in [0, 0.05) is 31.1 Å². The summed E-state index contributed by atoms with van der Waals surface area (Å²) in [5, 5.41) is 18.4. The van der Waals surface area contributed by atoms with Crippen molar-refractivity contribution >= 4 is 32.5 Å². The molecule has 1 aromatic heterocycles. The van der Waals surface area contributed by atoms with E-state index >= 15 is 0 Å². The Morgan fingerprint density at radius 3 is 2.85 bits per heavy atom. The number of aromatic nitrogens is 1. The molecule has 1 atom stereocenters. The van der Waals surface area contributed by atoms with Crippen molar-refractivity contribution in [3.05, 3.63) is 44.5 Å². The predicted octanol–water partition coefficient (Wildman–Crippen LogP) is 2.14. The van der Waals surface area contributed by atoms with E-state index in [2.05, 4.69) is 31.5 Å². The van der Waals surface area contributed by atoms with Crippen LogP contribution in [0, 0.1) is 10.1 Å². The number of pyridine rings is 1. The van der Waals surface area contributed by atoms with Crippen molar-refractivity contribution in [1.29, 1.82) is 0 Å². The van der Waals surface area contributed by atoms with Gasteiger partial charge in [0.25, 0.3) is 5.69 Å². The van der Waals surface area contributed by atoms with E-state index in [1.165, 1.54) is 6.07 Å². The van der Waals surface area contributed by atoms with Gasteiger partial charge in [-0.1, -0.05) is 0 Å². The lowest BCUT2D eigenvalue weighted by atomic mass is 10.1. The number of rotatable bonds is 2. The summed E-state index contributed by atoms with van der Waals surface area (Å²) in [6.07, 6.45) is 0. The molecule has 1 aliphatic rings. The van der Waals surface area contributed by atoms with E-state index in [1.807, 2.05) is 12.1 Å². The minimum Gasteiger partial charge on any atom is -0.314 e. The average Bonchev–Trinajstić information content (AvgIpc) is 2.48. The van der Waals surface area contributed by atoms with E-state index in [-0.39, 0.29) is 11.7 Å². The van der Waals surface area contributed by atoms with Crippen molar-refractivity contribution in [3.8, 4) is 0 Å². The lowest BCUT2D eigenvalue weighted by Crippen LogP contribution is -2.42. The number of hydrogen-bond acceptors (Lipinski definition) is 5. The monoisotopic (exact) mass is 336 g/mol. The third kappa shape index (κ3) is 2.39. The molecule has 6 nitrogen and oxygen atoms in total. The van der Waals surface area contributed by atoms with Gasteiger partial charge in [-0.2, -0.15) is 0 Å².